The average Bonchev–Trinajstić information content (AvgIpc) is 2.53. The van der Waals surface area contributed by atoms with Crippen LogP contribution in [0.2, 0.25) is 0 Å². The van der Waals surface area contributed by atoms with Crippen LogP contribution in [-0.4, -0.2) is 16.9 Å². The lowest BCUT2D eigenvalue weighted by Gasteiger charge is -2.09. The number of carbonyl (C=O) groups excluding carboxylic acids is 2. The molecule has 0 radical (unpaired) electrons. The van der Waals surface area contributed by atoms with Crippen LogP contribution in [0, 0.1) is 17.6 Å². The van der Waals surface area contributed by atoms with Gasteiger partial charge in [-0.3, -0.25) is 9.59 Å². The number of carbonyl (C=O) groups is 2. The molecule has 2 amide bonds. The van der Waals surface area contributed by atoms with Crippen molar-refractivity contribution in [2.45, 2.75) is 20.3 Å². The van der Waals surface area contributed by atoms with E-state index in [9.17, 15) is 18.4 Å². The Morgan fingerprint density at radius 2 is 1.48 bits per heavy atom. The SMILES string of the molecule is CC(C)CC(=O)Nc1ccc(NC(=O)c2cc(F)c(O)c(F)c2)cc1. The summed E-state index contributed by atoms with van der Waals surface area (Å²) in [6.45, 7) is 3.88. The predicted octanol–water partition coefficient (Wildman–Crippen LogP) is 3.91. The van der Waals surface area contributed by atoms with Crippen LogP contribution in [-0.2, 0) is 4.79 Å². The second kappa shape index (κ2) is 7.74. The summed E-state index contributed by atoms with van der Waals surface area (Å²) >= 11 is 0. The van der Waals surface area contributed by atoms with E-state index in [1.807, 2.05) is 13.8 Å². The summed E-state index contributed by atoms with van der Waals surface area (Å²) < 4.78 is 26.6. The third-order valence-corrected chi connectivity index (χ3v) is 3.30. The van der Waals surface area contributed by atoms with Crippen LogP contribution in [0.15, 0.2) is 36.4 Å². The number of hydrogen-bond acceptors (Lipinski definition) is 3. The molecule has 0 saturated heterocycles. The minimum atomic E-state index is -1.21. The molecule has 0 aromatic heterocycles. The first-order valence-electron chi connectivity index (χ1n) is 7.65. The number of rotatable bonds is 5. The molecule has 0 heterocycles. The zero-order chi connectivity index (χ0) is 18.6. The van der Waals surface area contributed by atoms with E-state index in [4.69, 9.17) is 5.11 Å². The highest BCUT2D eigenvalue weighted by Crippen LogP contribution is 2.22. The van der Waals surface area contributed by atoms with Crippen molar-refractivity contribution < 1.29 is 23.5 Å². The van der Waals surface area contributed by atoms with E-state index in [0.29, 0.717) is 17.8 Å². The van der Waals surface area contributed by atoms with E-state index in [-0.39, 0.29) is 17.4 Å². The van der Waals surface area contributed by atoms with Crippen LogP contribution in [0.3, 0.4) is 0 Å². The number of halogens is 2. The lowest BCUT2D eigenvalue weighted by atomic mass is 10.1. The number of phenolic OH excluding ortho intramolecular Hbond substituents is 1. The van der Waals surface area contributed by atoms with Gasteiger partial charge in [-0.2, -0.15) is 0 Å². The highest BCUT2D eigenvalue weighted by Gasteiger charge is 2.14. The van der Waals surface area contributed by atoms with Gasteiger partial charge in [-0.25, -0.2) is 8.78 Å². The van der Waals surface area contributed by atoms with Gasteiger partial charge in [-0.05, 0) is 42.3 Å². The van der Waals surface area contributed by atoms with Gasteiger partial charge in [0.25, 0.3) is 5.91 Å². The Kier molecular flexibility index (Phi) is 5.69. The lowest BCUT2D eigenvalue weighted by Crippen LogP contribution is -2.14. The summed E-state index contributed by atoms with van der Waals surface area (Å²) in [4.78, 5) is 23.7. The smallest absolute Gasteiger partial charge is 0.255 e. The molecule has 2 aromatic rings. The summed E-state index contributed by atoms with van der Waals surface area (Å²) in [6, 6.07) is 7.80. The van der Waals surface area contributed by atoms with Crippen LogP contribution in [0.5, 0.6) is 5.75 Å². The Morgan fingerprint density at radius 1 is 1.00 bits per heavy atom. The van der Waals surface area contributed by atoms with Crippen molar-refractivity contribution in [2.75, 3.05) is 10.6 Å². The molecule has 0 bridgehead atoms. The van der Waals surface area contributed by atoms with E-state index in [2.05, 4.69) is 10.6 Å². The van der Waals surface area contributed by atoms with Gasteiger partial charge in [0.2, 0.25) is 5.91 Å². The van der Waals surface area contributed by atoms with E-state index >= 15 is 0 Å². The molecule has 0 aliphatic rings. The summed E-state index contributed by atoms with van der Waals surface area (Å²) in [5.74, 6) is -4.15. The molecule has 0 atom stereocenters. The first-order valence-corrected chi connectivity index (χ1v) is 7.65. The van der Waals surface area contributed by atoms with E-state index in [1.54, 1.807) is 24.3 Å². The van der Waals surface area contributed by atoms with Gasteiger partial charge >= 0.3 is 0 Å². The molecular weight excluding hydrogens is 330 g/mol. The van der Waals surface area contributed by atoms with Gasteiger partial charge in [0.15, 0.2) is 17.4 Å². The molecule has 0 unspecified atom stereocenters. The van der Waals surface area contributed by atoms with Crippen LogP contribution >= 0.6 is 0 Å². The molecule has 0 aliphatic carbocycles. The number of benzene rings is 2. The number of phenols is 1. The van der Waals surface area contributed by atoms with Gasteiger partial charge in [0, 0.05) is 23.4 Å². The Labute approximate surface area is 143 Å². The standard InChI is InChI=1S/C18H18F2N2O3/c1-10(2)7-16(23)21-12-3-5-13(6-4-12)22-18(25)11-8-14(19)17(24)15(20)9-11/h3-6,8-10,24H,7H2,1-2H3,(H,21,23)(H,22,25). The summed E-state index contributed by atoms with van der Waals surface area (Å²) in [6.07, 6.45) is 0.399. The van der Waals surface area contributed by atoms with Crippen LogP contribution in [0.25, 0.3) is 0 Å². The molecule has 5 nitrogen and oxygen atoms in total. The molecule has 3 N–H and O–H groups in total. The minimum absolute atomic E-state index is 0.109. The van der Waals surface area contributed by atoms with Crippen molar-refractivity contribution in [3.8, 4) is 5.75 Å². The van der Waals surface area contributed by atoms with E-state index < -0.39 is 23.3 Å². The number of aromatic hydroxyl groups is 1. The Hall–Kier alpha value is -2.96. The van der Waals surface area contributed by atoms with E-state index in [1.165, 1.54) is 0 Å². The van der Waals surface area contributed by atoms with Gasteiger partial charge < -0.3 is 15.7 Å². The zero-order valence-corrected chi connectivity index (χ0v) is 13.8. The molecular formula is C18H18F2N2O3. The summed E-state index contributed by atoms with van der Waals surface area (Å²) in [7, 11) is 0. The normalized spacial score (nSPS) is 10.6. The Balaban J connectivity index is 2.03. The van der Waals surface area contributed by atoms with Gasteiger partial charge in [-0.15, -0.1) is 0 Å². The molecule has 25 heavy (non-hydrogen) atoms. The number of amides is 2. The van der Waals surface area contributed by atoms with Crippen LogP contribution < -0.4 is 10.6 Å². The van der Waals surface area contributed by atoms with Crippen molar-refractivity contribution in [1.82, 2.24) is 0 Å². The molecule has 0 spiro atoms. The maximum absolute atomic E-state index is 13.3. The fourth-order valence-corrected chi connectivity index (χ4v) is 2.12. The van der Waals surface area contributed by atoms with Crippen molar-refractivity contribution in [3.63, 3.8) is 0 Å². The molecule has 132 valence electrons. The topological polar surface area (TPSA) is 78.4 Å². The minimum Gasteiger partial charge on any atom is -0.503 e. The highest BCUT2D eigenvalue weighted by molar-refractivity contribution is 6.04. The lowest BCUT2D eigenvalue weighted by molar-refractivity contribution is -0.116. The molecule has 2 aromatic carbocycles. The molecule has 2 rings (SSSR count). The monoisotopic (exact) mass is 348 g/mol. The highest BCUT2D eigenvalue weighted by atomic mass is 19.1. The first-order chi connectivity index (χ1) is 11.8. The largest absolute Gasteiger partial charge is 0.503 e. The van der Waals surface area contributed by atoms with E-state index in [0.717, 1.165) is 12.1 Å². The molecule has 0 saturated carbocycles. The quantitative estimate of drug-likeness (QED) is 0.767. The Bertz CT molecular complexity index is 766. The third-order valence-electron chi connectivity index (χ3n) is 3.30. The maximum Gasteiger partial charge on any atom is 0.255 e. The summed E-state index contributed by atoms with van der Waals surface area (Å²) in [5.41, 5.74) is 0.702. The molecule has 7 heteroatoms. The summed E-state index contributed by atoms with van der Waals surface area (Å²) in [5, 5.41) is 14.2. The van der Waals surface area contributed by atoms with Crippen LogP contribution in [0.1, 0.15) is 30.6 Å². The second-order valence-electron chi connectivity index (χ2n) is 5.97. The van der Waals surface area contributed by atoms with Crippen molar-refractivity contribution in [2.24, 2.45) is 5.92 Å². The fraction of sp³-hybridized carbons (Fsp3) is 0.222. The van der Waals surface area contributed by atoms with Crippen LogP contribution in [0.4, 0.5) is 20.2 Å². The predicted molar refractivity (Wildman–Crippen MR) is 90.5 cm³/mol. The van der Waals surface area contributed by atoms with Crippen molar-refractivity contribution in [1.29, 1.82) is 0 Å². The molecule has 0 aliphatic heterocycles. The van der Waals surface area contributed by atoms with Gasteiger partial charge in [0.05, 0.1) is 0 Å². The number of nitrogens with one attached hydrogen (secondary N) is 2. The third kappa shape index (κ3) is 5.00. The average molecular weight is 348 g/mol. The first kappa shape index (κ1) is 18.4. The van der Waals surface area contributed by atoms with Crippen molar-refractivity contribution in [3.05, 3.63) is 53.6 Å². The maximum atomic E-state index is 13.3. The van der Waals surface area contributed by atoms with Gasteiger partial charge in [-0.1, -0.05) is 13.8 Å². The second-order valence-corrected chi connectivity index (χ2v) is 5.97. The number of hydrogen-bond donors (Lipinski definition) is 3. The van der Waals surface area contributed by atoms with Crippen molar-refractivity contribution >= 4 is 23.2 Å². The number of anilines is 2. The molecule has 0 fully saturated rings. The zero-order valence-electron chi connectivity index (χ0n) is 13.8. The Morgan fingerprint density at radius 3 is 1.96 bits per heavy atom. The fourth-order valence-electron chi connectivity index (χ4n) is 2.12. The van der Waals surface area contributed by atoms with Gasteiger partial charge in [0.1, 0.15) is 0 Å².